The molecule has 0 radical (unpaired) electrons. The van der Waals surface area contributed by atoms with Gasteiger partial charge >= 0.3 is 0 Å². The van der Waals surface area contributed by atoms with Crippen molar-refractivity contribution in [3.05, 3.63) is 64.4 Å². The first kappa shape index (κ1) is 14.7. The van der Waals surface area contributed by atoms with Crippen LogP contribution < -0.4 is 10.5 Å². The fourth-order valence-electron chi connectivity index (χ4n) is 1.89. The molecule has 0 saturated heterocycles. The van der Waals surface area contributed by atoms with Crippen LogP contribution in [0.4, 0.5) is 5.95 Å². The molecule has 2 aromatic carbocycles. The molecule has 3 rings (SSSR count). The van der Waals surface area contributed by atoms with E-state index in [0.29, 0.717) is 16.7 Å². The molecule has 1 heterocycles. The Morgan fingerprint density at radius 1 is 1.05 bits per heavy atom. The third-order valence-corrected chi connectivity index (χ3v) is 3.74. The second-order valence-electron chi connectivity index (χ2n) is 4.58. The lowest BCUT2D eigenvalue weighted by atomic mass is 10.2. The normalized spacial score (nSPS) is 10.6. The summed E-state index contributed by atoms with van der Waals surface area (Å²) < 4.78 is 7.31. The van der Waals surface area contributed by atoms with Crippen LogP contribution in [0.2, 0.25) is 10.0 Å². The molecule has 2 N–H and O–H groups in total. The van der Waals surface area contributed by atoms with Crippen LogP contribution in [0.1, 0.15) is 5.56 Å². The minimum Gasteiger partial charge on any atom is -0.489 e. The lowest BCUT2D eigenvalue weighted by Crippen LogP contribution is -1.98. The second-order valence-corrected chi connectivity index (χ2v) is 5.39. The molecule has 112 valence electrons. The van der Waals surface area contributed by atoms with E-state index in [0.717, 1.165) is 17.0 Å². The van der Waals surface area contributed by atoms with Crippen molar-refractivity contribution in [2.75, 3.05) is 5.73 Å². The third kappa shape index (κ3) is 3.32. The Kier molecular flexibility index (Phi) is 4.18. The molecule has 0 bridgehead atoms. The summed E-state index contributed by atoms with van der Waals surface area (Å²) in [5.74, 6) is 0.975. The highest BCUT2D eigenvalue weighted by Gasteiger charge is 2.03. The molecule has 0 saturated carbocycles. The maximum Gasteiger partial charge on any atom is 0.239 e. The first-order valence-electron chi connectivity index (χ1n) is 6.46. The van der Waals surface area contributed by atoms with E-state index in [-0.39, 0.29) is 5.95 Å². The number of benzene rings is 2. The second kappa shape index (κ2) is 6.25. The Balaban J connectivity index is 1.67. The van der Waals surface area contributed by atoms with Gasteiger partial charge in [-0.3, -0.25) is 0 Å². The molecule has 0 unspecified atom stereocenters. The molecule has 0 aliphatic heterocycles. The molecule has 7 heteroatoms. The zero-order valence-electron chi connectivity index (χ0n) is 11.4. The number of ether oxygens (including phenoxy) is 1. The summed E-state index contributed by atoms with van der Waals surface area (Å²) in [7, 11) is 0. The van der Waals surface area contributed by atoms with Crippen molar-refractivity contribution in [2.45, 2.75) is 6.61 Å². The highest BCUT2D eigenvalue weighted by atomic mass is 35.5. The Bertz CT molecular complexity index is 786. The minimum atomic E-state index is 0.236. The van der Waals surface area contributed by atoms with E-state index < -0.39 is 0 Å². The van der Waals surface area contributed by atoms with Gasteiger partial charge in [-0.05, 0) is 42.0 Å². The number of aromatic nitrogens is 3. The molecular formula is C15H12Cl2N4O. The van der Waals surface area contributed by atoms with Crippen molar-refractivity contribution in [3.8, 4) is 11.4 Å². The van der Waals surface area contributed by atoms with Crippen LogP contribution in [0.15, 0.2) is 48.8 Å². The van der Waals surface area contributed by atoms with Gasteiger partial charge in [-0.25, -0.2) is 9.67 Å². The quantitative estimate of drug-likeness (QED) is 0.789. The van der Waals surface area contributed by atoms with Crippen LogP contribution in [-0.4, -0.2) is 14.8 Å². The van der Waals surface area contributed by atoms with Crippen molar-refractivity contribution in [3.63, 3.8) is 0 Å². The van der Waals surface area contributed by atoms with E-state index in [2.05, 4.69) is 10.1 Å². The number of hydrogen-bond acceptors (Lipinski definition) is 4. The van der Waals surface area contributed by atoms with Crippen molar-refractivity contribution < 1.29 is 4.74 Å². The summed E-state index contributed by atoms with van der Waals surface area (Å²) in [6.07, 6.45) is 1.56. The lowest BCUT2D eigenvalue weighted by molar-refractivity contribution is 0.306. The average molecular weight is 335 g/mol. The summed E-state index contributed by atoms with van der Waals surface area (Å²) in [5.41, 5.74) is 7.29. The molecule has 0 aliphatic carbocycles. The van der Waals surface area contributed by atoms with E-state index in [1.807, 2.05) is 30.3 Å². The molecule has 3 aromatic rings. The van der Waals surface area contributed by atoms with Gasteiger partial charge in [0, 0.05) is 0 Å². The van der Waals surface area contributed by atoms with Crippen LogP contribution in [0.3, 0.4) is 0 Å². The van der Waals surface area contributed by atoms with Gasteiger partial charge in [0.05, 0.1) is 15.7 Å². The molecule has 22 heavy (non-hydrogen) atoms. The minimum absolute atomic E-state index is 0.236. The first-order chi connectivity index (χ1) is 10.6. The Morgan fingerprint density at radius 2 is 1.82 bits per heavy atom. The van der Waals surface area contributed by atoms with Gasteiger partial charge in [-0.15, -0.1) is 5.10 Å². The Morgan fingerprint density at radius 3 is 2.45 bits per heavy atom. The van der Waals surface area contributed by atoms with Gasteiger partial charge in [-0.1, -0.05) is 29.3 Å². The van der Waals surface area contributed by atoms with E-state index in [9.17, 15) is 0 Å². The van der Waals surface area contributed by atoms with E-state index in [1.165, 1.54) is 0 Å². The van der Waals surface area contributed by atoms with Gasteiger partial charge in [-0.2, -0.15) is 0 Å². The summed E-state index contributed by atoms with van der Waals surface area (Å²) >= 11 is 11.9. The van der Waals surface area contributed by atoms with Crippen molar-refractivity contribution in [1.29, 1.82) is 0 Å². The maximum atomic E-state index is 5.97. The molecular weight excluding hydrogens is 323 g/mol. The van der Waals surface area contributed by atoms with Crippen molar-refractivity contribution >= 4 is 29.2 Å². The fraction of sp³-hybridized carbons (Fsp3) is 0.0667. The monoisotopic (exact) mass is 334 g/mol. The van der Waals surface area contributed by atoms with Crippen LogP contribution in [0, 0.1) is 0 Å². The predicted molar refractivity (Wildman–Crippen MR) is 86.6 cm³/mol. The van der Waals surface area contributed by atoms with E-state index >= 15 is 0 Å². The zero-order valence-corrected chi connectivity index (χ0v) is 12.9. The summed E-state index contributed by atoms with van der Waals surface area (Å²) in [5, 5.41) is 5.08. The molecule has 0 amide bonds. The predicted octanol–water partition coefficient (Wildman–Crippen LogP) is 3.74. The summed E-state index contributed by atoms with van der Waals surface area (Å²) in [4.78, 5) is 3.88. The number of nitrogens with two attached hydrogens (primary N) is 1. The van der Waals surface area contributed by atoms with Crippen LogP contribution >= 0.6 is 23.2 Å². The highest BCUT2D eigenvalue weighted by Crippen LogP contribution is 2.23. The van der Waals surface area contributed by atoms with Gasteiger partial charge in [0.2, 0.25) is 5.95 Å². The molecule has 0 atom stereocenters. The van der Waals surface area contributed by atoms with Gasteiger partial charge < -0.3 is 10.5 Å². The molecule has 1 aromatic heterocycles. The smallest absolute Gasteiger partial charge is 0.239 e. The van der Waals surface area contributed by atoms with Crippen LogP contribution in [0.25, 0.3) is 5.69 Å². The summed E-state index contributed by atoms with van der Waals surface area (Å²) in [6.45, 7) is 0.409. The zero-order chi connectivity index (χ0) is 15.5. The number of nitrogen functional groups attached to an aromatic ring is 1. The molecule has 0 aliphatic rings. The first-order valence-corrected chi connectivity index (χ1v) is 7.22. The van der Waals surface area contributed by atoms with Gasteiger partial charge in [0.15, 0.2) is 0 Å². The van der Waals surface area contributed by atoms with Gasteiger partial charge in [0.25, 0.3) is 0 Å². The third-order valence-electron chi connectivity index (χ3n) is 3.00. The molecule has 0 spiro atoms. The number of anilines is 1. The number of hydrogen-bond donors (Lipinski definition) is 1. The standard InChI is InChI=1S/C15H12Cl2N4O/c16-13-6-1-10(7-14(13)17)8-22-12-4-2-11(3-5-12)21-9-19-15(18)20-21/h1-7,9H,8H2,(H2,18,20). The van der Waals surface area contributed by atoms with Gasteiger partial charge in [0.1, 0.15) is 18.7 Å². The lowest BCUT2D eigenvalue weighted by Gasteiger charge is -2.08. The summed E-state index contributed by atoms with van der Waals surface area (Å²) in [6, 6.07) is 12.9. The van der Waals surface area contributed by atoms with Crippen LogP contribution in [0.5, 0.6) is 5.75 Å². The number of halogens is 2. The number of rotatable bonds is 4. The SMILES string of the molecule is Nc1ncn(-c2ccc(OCc3ccc(Cl)c(Cl)c3)cc2)n1. The number of nitrogens with zero attached hydrogens (tertiary/aromatic N) is 3. The highest BCUT2D eigenvalue weighted by molar-refractivity contribution is 6.42. The average Bonchev–Trinajstić information content (AvgIpc) is 2.95. The van der Waals surface area contributed by atoms with Crippen molar-refractivity contribution in [2.24, 2.45) is 0 Å². The fourth-order valence-corrected chi connectivity index (χ4v) is 2.21. The maximum absolute atomic E-state index is 5.97. The topological polar surface area (TPSA) is 66.0 Å². The van der Waals surface area contributed by atoms with Crippen LogP contribution in [-0.2, 0) is 6.61 Å². The molecule has 0 fully saturated rings. The van der Waals surface area contributed by atoms with E-state index in [4.69, 9.17) is 33.7 Å². The Hall–Kier alpha value is -2.24. The largest absolute Gasteiger partial charge is 0.489 e. The van der Waals surface area contributed by atoms with Crippen molar-refractivity contribution in [1.82, 2.24) is 14.8 Å². The van der Waals surface area contributed by atoms with E-state index in [1.54, 1.807) is 23.1 Å². The molecule has 5 nitrogen and oxygen atoms in total. The Labute approximate surface area is 137 Å².